The molecule has 0 saturated carbocycles. The van der Waals surface area contributed by atoms with Crippen LogP contribution in [0.5, 0.6) is 5.75 Å². The van der Waals surface area contributed by atoms with E-state index in [0.29, 0.717) is 36.9 Å². The largest absolute Gasteiger partial charge is 0.493 e. The number of anilines is 1. The number of amides is 1. The Morgan fingerprint density at radius 2 is 2.33 bits per heavy atom. The fourth-order valence-corrected chi connectivity index (χ4v) is 1.67. The first-order valence-electron chi connectivity index (χ1n) is 5.72. The first-order valence-corrected chi connectivity index (χ1v) is 6.84. The predicted octanol–water partition coefficient (Wildman–Crippen LogP) is 3.09. The summed E-state index contributed by atoms with van der Waals surface area (Å²) in [5.41, 5.74) is 0.721. The van der Waals surface area contributed by atoms with Crippen LogP contribution in [0.25, 0.3) is 0 Å². The van der Waals surface area contributed by atoms with Crippen molar-refractivity contribution in [1.82, 2.24) is 0 Å². The summed E-state index contributed by atoms with van der Waals surface area (Å²) >= 11 is 3.21. The lowest BCUT2D eigenvalue weighted by molar-refractivity contribution is -0.115. The molecule has 0 aliphatic heterocycles. The van der Waals surface area contributed by atoms with Crippen LogP contribution in [-0.4, -0.2) is 17.8 Å². The first-order chi connectivity index (χ1) is 8.76. The summed E-state index contributed by atoms with van der Waals surface area (Å²) in [4.78, 5) is 11.4. The molecule has 1 aromatic rings. The van der Waals surface area contributed by atoms with Gasteiger partial charge in [0.15, 0.2) is 0 Å². The number of nitriles is 1. The van der Waals surface area contributed by atoms with Gasteiger partial charge < -0.3 is 10.1 Å². The highest BCUT2D eigenvalue weighted by molar-refractivity contribution is 9.09. The van der Waals surface area contributed by atoms with Crippen LogP contribution in [0, 0.1) is 11.3 Å². The van der Waals surface area contributed by atoms with E-state index in [9.17, 15) is 4.79 Å². The van der Waals surface area contributed by atoms with Gasteiger partial charge in [-0.3, -0.25) is 4.79 Å². The van der Waals surface area contributed by atoms with E-state index in [-0.39, 0.29) is 5.91 Å². The molecule has 0 aliphatic rings. The van der Waals surface area contributed by atoms with Crippen LogP contribution in [0.4, 0.5) is 5.69 Å². The Labute approximate surface area is 115 Å². The van der Waals surface area contributed by atoms with Gasteiger partial charge in [0, 0.05) is 29.9 Å². The Morgan fingerprint density at radius 1 is 1.50 bits per heavy atom. The molecule has 1 aromatic carbocycles. The number of hydrogen-bond acceptors (Lipinski definition) is 3. The molecule has 0 spiro atoms. The number of halogens is 1. The summed E-state index contributed by atoms with van der Waals surface area (Å²) in [7, 11) is 0. The summed E-state index contributed by atoms with van der Waals surface area (Å²) in [6, 6.07) is 9.30. The summed E-state index contributed by atoms with van der Waals surface area (Å²) in [5.74, 6) is 0.665. The minimum absolute atomic E-state index is 0.0338. The minimum atomic E-state index is -0.0338. The molecule has 0 unspecified atom stereocenters. The zero-order chi connectivity index (χ0) is 13.2. The van der Waals surface area contributed by atoms with Crippen LogP contribution >= 0.6 is 15.9 Å². The monoisotopic (exact) mass is 310 g/mol. The number of carbonyl (C=O) groups is 1. The highest BCUT2D eigenvalue weighted by Crippen LogP contribution is 2.17. The summed E-state index contributed by atoms with van der Waals surface area (Å²) in [6.07, 6.45) is 1.63. The van der Waals surface area contributed by atoms with Gasteiger partial charge in [0.05, 0.1) is 12.7 Å². The summed E-state index contributed by atoms with van der Waals surface area (Å²) in [6.45, 7) is 0.506. The second kappa shape index (κ2) is 8.54. The van der Waals surface area contributed by atoms with Gasteiger partial charge in [-0.25, -0.2) is 0 Å². The third-order valence-electron chi connectivity index (χ3n) is 2.14. The zero-order valence-electron chi connectivity index (χ0n) is 9.99. The van der Waals surface area contributed by atoms with Gasteiger partial charge >= 0.3 is 0 Å². The van der Waals surface area contributed by atoms with Crippen LogP contribution in [0.15, 0.2) is 24.3 Å². The Morgan fingerprint density at radius 3 is 3.06 bits per heavy atom. The van der Waals surface area contributed by atoms with Crippen LogP contribution in [-0.2, 0) is 4.79 Å². The smallest absolute Gasteiger partial charge is 0.225 e. The van der Waals surface area contributed by atoms with Crippen molar-refractivity contribution in [3.8, 4) is 11.8 Å². The van der Waals surface area contributed by atoms with Gasteiger partial charge in [-0.2, -0.15) is 5.26 Å². The van der Waals surface area contributed by atoms with Crippen LogP contribution < -0.4 is 10.1 Å². The third kappa shape index (κ3) is 5.69. The number of unbranched alkanes of at least 4 members (excludes halogenated alkanes) is 1. The Kier molecular flexibility index (Phi) is 6.89. The van der Waals surface area contributed by atoms with E-state index in [0.717, 1.165) is 5.69 Å². The Bertz CT molecular complexity index is 429. The van der Waals surface area contributed by atoms with E-state index in [1.807, 2.05) is 18.2 Å². The van der Waals surface area contributed by atoms with Crippen molar-refractivity contribution < 1.29 is 9.53 Å². The average molecular weight is 311 g/mol. The molecule has 18 heavy (non-hydrogen) atoms. The second-order valence-corrected chi connectivity index (χ2v) is 4.42. The molecule has 0 heterocycles. The standard InChI is InChI=1S/C13H15BrN2O2/c14-7-6-13(17)16-11-4-3-5-12(10-11)18-9-2-1-8-15/h3-5,10H,1-2,6-7,9H2,(H,16,17). The van der Waals surface area contributed by atoms with Crippen LogP contribution in [0.2, 0.25) is 0 Å². The number of carbonyl (C=O) groups excluding carboxylic acids is 1. The topological polar surface area (TPSA) is 62.1 Å². The van der Waals surface area contributed by atoms with Crippen LogP contribution in [0.3, 0.4) is 0 Å². The van der Waals surface area contributed by atoms with Gasteiger partial charge in [0.25, 0.3) is 0 Å². The van der Waals surface area contributed by atoms with Crippen molar-refractivity contribution in [2.75, 3.05) is 17.3 Å². The fraction of sp³-hybridized carbons (Fsp3) is 0.385. The van der Waals surface area contributed by atoms with Crippen molar-refractivity contribution in [3.63, 3.8) is 0 Å². The maximum atomic E-state index is 11.4. The summed E-state index contributed by atoms with van der Waals surface area (Å²) in [5, 5.41) is 11.8. The van der Waals surface area contributed by atoms with Gasteiger partial charge in [-0.15, -0.1) is 0 Å². The molecule has 4 nitrogen and oxygen atoms in total. The number of rotatable bonds is 7. The third-order valence-corrected chi connectivity index (χ3v) is 2.54. The Hall–Kier alpha value is -1.54. The van der Waals surface area contributed by atoms with E-state index in [1.54, 1.807) is 6.07 Å². The number of ether oxygens (including phenoxy) is 1. The maximum Gasteiger partial charge on any atom is 0.225 e. The van der Waals surface area contributed by atoms with E-state index in [2.05, 4.69) is 27.3 Å². The van der Waals surface area contributed by atoms with Gasteiger partial charge in [0.2, 0.25) is 5.91 Å². The lowest BCUT2D eigenvalue weighted by Crippen LogP contribution is -2.11. The number of nitrogens with zero attached hydrogens (tertiary/aromatic N) is 1. The van der Waals surface area contributed by atoms with Crippen molar-refractivity contribution in [3.05, 3.63) is 24.3 Å². The lowest BCUT2D eigenvalue weighted by atomic mass is 10.3. The molecule has 5 heteroatoms. The zero-order valence-corrected chi connectivity index (χ0v) is 11.6. The molecular weight excluding hydrogens is 296 g/mol. The van der Waals surface area contributed by atoms with E-state index in [4.69, 9.17) is 10.00 Å². The molecule has 0 radical (unpaired) electrons. The molecule has 96 valence electrons. The minimum Gasteiger partial charge on any atom is -0.493 e. The fourth-order valence-electron chi connectivity index (χ4n) is 1.31. The molecule has 1 amide bonds. The number of nitrogens with one attached hydrogen (secondary N) is 1. The van der Waals surface area contributed by atoms with Gasteiger partial charge in [-0.1, -0.05) is 22.0 Å². The normalized spacial score (nSPS) is 9.56. The molecule has 0 aliphatic carbocycles. The average Bonchev–Trinajstić information content (AvgIpc) is 2.35. The molecule has 0 bridgehead atoms. The molecule has 0 saturated heterocycles. The summed E-state index contributed by atoms with van der Waals surface area (Å²) < 4.78 is 5.48. The van der Waals surface area contributed by atoms with Crippen molar-refractivity contribution >= 4 is 27.5 Å². The predicted molar refractivity (Wildman–Crippen MR) is 73.8 cm³/mol. The lowest BCUT2D eigenvalue weighted by Gasteiger charge is -2.08. The number of alkyl halides is 1. The van der Waals surface area contributed by atoms with Crippen molar-refractivity contribution in [2.45, 2.75) is 19.3 Å². The Balaban J connectivity index is 2.46. The number of hydrogen-bond donors (Lipinski definition) is 1. The number of benzene rings is 1. The van der Waals surface area contributed by atoms with Crippen LogP contribution in [0.1, 0.15) is 19.3 Å². The SMILES string of the molecule is N#CCCCOc1cccc(NC(=O)CCBr)c1. The molecule has 1 rings (SSSR count). The van der Waals surface area contributed by atoms with E-state index in [1.165, 1.54) is 0 Å². The van der Waals surface area contributed by atoms with Crippen molar-refractivity contribution in [2.24, 2.45) is 0 Å². The van der Waals surface area contributed by atoms with Gasteiger partial charge in [0.1, 0.15) is 5.75 Å². The molecule has 0 atom stereocenters. The first kappa shape index (κ1) is 14.5. The maximum absolute atomic E-state index is 11.4. The molecular formula is C13H15BrN2O2. The highest BCUT2D eigenvalue weighted by atomic mass is 79.9. The van der Waals surface area contributed by atoms with Gasteiger partial charge in [-0.05, 0) is 18.6 Å². The molecule has 0 fully saturated rings. The highest BCUT2D eigenvalue weighted by Gasteiger charge is 2.02. The van der Waals surface area contributed by atoms with E-state index >= 15 is 0 Å². The van der Waals surface area contributed by atoms with E-state index < -0.39 is 0 Å². The van der Waals surface area contributed by atoms with Crippen molar-refractivity contribution in [1.29, 1.82) is 5.26 Å². The quantitative estimate of drug-likeness (QED) is 0.622. The molecule has 1 N–H and O–H groups in total. The second-order valence-electron chi connectivity index (χ2n) is 3.63. The molecule has 0 aromatic heterocycles.